The smallest absolute Gasteiger partial charge is 0.245 e. The van der Waals surface area contributed by atoms with E-state index in [1.165, 1.54) is 0 Å². The Kier molecular flexibility index (Phi) is 4.17. The predicted molar refractivity (Wildman–Crippen MR) is 79.6 cm³/mol. The SMILES string of the molecule is O=C(CO)NC[C@H]1CCN(Cc2nc3ccccc3[nH]2)C1. The number of hydrogen-bond acceptors (Lipinski definition) is 4. The van der Waals surface area contributed by atoms with E-state index in [4.69, 9.17) is 5.11 Å². The van der Waals surface area contributed by atoms with Gasteiger partial charge in [0, 0.05) is 13.1 Å². The molecule has 1 aliphatic rings. The van der Waals surface area contributed by atoms with Gasteiger partial charge >= 0.3 is 0 Å². The van der Waals surface area contributed by atoms with Gasteiger partial charge in [-0.3, -0.25) is 9.69 Å². The van der Waals surface area contributed by atoms with E-state index in [1.54, 1.807) is 0 Å². The number of aliphatic hydroxyl groups excluding tert-OH is 1. The van der Waals surface area contributed by atoms with Crippen LogP contribution in [0.3, 0.4) is 0 Å². The van der Waals surface area contributed by atoms with Crippen LogP contribution in [0.4, 0.5) is 0 Å². The maximum absolute atomic E-state index is 11.1. The standard InChI is InChI=1S/C15H20N4O2/c20-10-15(21)16-7-11-5-6-19(8-11)9-14-17-12-3-1-2-4-13(12)18-14/h1-4,11,20H,5-10H2,(H,16,21)(H,17,18)/t11-/m1/s1. The number of aromatic nitrogens is 2. The zero-order valence-electron chi connectivity index (χ0n) is 11.9. The fraction of sp³-hybridized carbons (Fsp3) is 0.467. The highest BCUT2D eigenvalue weighted by atomic mass is 16.3. The van der Waals surface area contributed by atoms with Gasteiger partial charge in [0.25, 0.3) is 0 Å². The summed E-state index contributed by atoms with van der Waals surface area (Å²) in [6.45, 7) is 2.96. The van der Waals surface area contributed by atoms with Gasteiger partial charge in [0.1, 0.15) is 12.4 Å². The number of imidazole rings is 1. The largest absolute Gasteiger partial charge is 0.387 e. The number of nitrogens with zero attached hydrogens (tertiary/aromatic N) is 2. The fourth-order valence-corrected chi connectivity index (χ4v) is 2.83. The molecule has 21 heavy (non-hydrogen) atoms. The van der Waals surface area contributed by atoms with Crippen LogP contribution in [0.2, 0.25) is 0 Å². The van der Waals surface area contributed by atoms with Crippen LogP contribution < -0.4 is 5.32 Å². The van der Waals surface area contributed by atoms with E-state index in [9.17, 15) is 4.79 Å². The number of para-hydroxylation sites is 2. The normalized spacial score (nSPS) is 19.2. The predicted octanol–water partition coefficient (Wildman–Crippen LogP) is 0.493. The molecule has 0 aliphatic carbocycles. The lowest BCUT2D eigenvalue weighted by molar-refractivity contribution is -0.123. The van der Waals surface area contributed by atoms with E-state index in [-0.39, 0.29) is 5.91 Å². The van der Waals surface area contributed by atoms with Gasteiger partial charge in [-0.2, -0.15) is 0 Å². The Bertz CT molecular complexity index is 592. The van der Waals surface area contributed by atoms with Crippen LogP contribution in [0.1, 0.15) is 12.2 Å². The molecule has 6 heteroatoms. The minimum Gasteiger partial charge on any atom is -0.387 e. The van der Waals surface area contributed by atoms with Gasteiger partial charge in [-0.15, -0.1) is 0 Å². The van der Waals surface area contributed by atoms with Crippen LogP contribution >= 0.6 is 0 Å². The lowest BCUT2D eigenvalue weighted by Crippen LogP contribution is -2.32. The Morgan fingerprint density at radius 1 is 1.48 bits per heavy atom. The molecule has 1 aromatic heterocycles. The molecule has 0 unspecified atom stereocenters. The summed E-state index contributed by atoms with van der Waals surface area (Å²) in [4.78, 5) is 21.3. The zero-order chi connectivity index (χ0) is 14.7. The number of rotatable bonds is 5. The molecule has 6 nitrogen and oxygen atoms in total. The minimum atomic E-state index is -0.435. The summed E-state index contributed by atoms with van der Waals surface area (Å²) >= 11 is 0. The van der Waals surface area contributed by atoms with Gasteiger partial charge < -0.3 is 15.4 Å². The Morgan fingerprint density at radius 3 is 3.14 bits per heavy atom. The first-order valence-corrected chi connectivity index (χ1v) is 7.28. The number of likely N-dealkylation sites (tertiary alicyclic amines) is 1. The zero-order valence-corrected chi connectivity index (χ0v) is 11.9. The van der Waals surface area contributed by atoms with E-state index < -0.39 is 6.61 Å². The molecule has 2 aromatic rings. The van der Waals surface area contributed by atoms with Gasteiger partial charge in [0.2, 0.25) is 5.91 Å². The number of H-pyrrole nitrogens is 1. The number of aliphatic hydroxyl groups is 1. The van der Waals surface area contributed by atoms with Crippen molar-refractivity contribution in [2.24, 2.45) is 5.92 Å². The molecule has 2 heterocycles. The monoisotopic (exact) mass is 288 g/mol. The third kappa shape index (κ3) is 3.40. The fourth-order valence-electron chi connectivity index (χ4n) is 2.83. The first-order valence-electron chi connectivity index (χ1n) is 7.28. The molecule has 0 spiro atoms. The first-order chi connectivity index (χ1) is 10.2. The molecular weight excluding hydrogens is 268 g/mol. The number of aromatic amines is 1. The number of amides is 1. The van der Waals surface area contributed by atoms with Gasteiger partial charge in [-0.25, -0.2) is 4.98 Å². The lowest BCUT2D eigenvalue weighted by atomic mass is 10.1. The quantitative estimate of drug-likeness (QED) is 0.748. The van der Waals surface area contributed by atoms with Crippen molar-refractivity contribution in [2.75, 3.05) is 26.2 Å². The Hall–Kier alpha value is -1.92. The topological polar surface area (TPSA) is 81.2 Å². The molecule has 1 fully saturated rings. The number of fused-ring (bicyclic) bond motifs is 1. The maximum atomic E-state index is 11.1. The second-order valence-corrected chi connectivity index (χ2v) is 5.55. The van der Waals surface area contributed by atoms with E-state index in [0.717, 1.165) is 42.9 Å². The molecular formula is C15H20N4O2. The summed E-state index contributed by atoms with van der Waals surface area (Å²) in [6.07, 6.45) is 1.06. The van der Waals surface area contributed by atoms with Crippen molar-refractivity contribution in [1.82, 2.24) is 20.2 Å². The van der Waals surface area contributed by atoms with Crippen molar-refractivity contribution >= 4 is 16.9 Å². The first kappa shape index (κ1) is 14.0. The summed E-state index contributed by atoms with van der Waals surface area (Å²) in [7, 11) is 0. The van der Waals surface area contributed by atoms with Crippen LogP contribution in [0.25, 0.3) is 11.0 Å². The van der Waals surface area contributed by atoms with Gasteiger partial charge in [-0.1, -0.05) is 12.1 Å². The Labute approximate surface area is 123 Å². The third-order valence-corrected chi connectivity index (χ3v) is 3.91. The number of carbonyl (C=O) groups is 1. The molecule has 0 bridgehead atoms. The van der Waals surface area contributed by atoms with E-state index >= 15 is 0 Å². The Balaban J connectivity index is 1.53. The van der Waals surface area contributed by atoms with Crippen molar-refractivity contribution in [3.8, 4) is 0 Å². The second-order valence-electron chi connectivity index (χ2n) is 5.55. The number of hydrogen-bond donors (Lipinski definition) is 3. The summed E-state index contributed by atoms with van der Waals surface area (Å²) in [5, 5.41) is 11.4. The van der Waals surface area contributed by atoms with Crippen LogP contribution in [-0.4, -0.2) is 52.1 Å². The average molecular weight is 288 g/mol. The van der Waals surface area contributed by atoms with Crippen LogP contribution in [0.5, 0.6) is 0 Å². The number of carbonyl (C=O) groups excluding carboxylic acids is 1. The van der Waals surface area contributed by atoms with Gasteiger partial charge in [0.05, 0.1) is 17.6 Å². The molecule has 3 rings (SSSR count). The maximum Gasteiger partial charge on any atom is 0.245 e. The lowest BCUT2D eigenvalue weighted by Gasteiger charge is -2.14. The number of benzene rings is 1. The highest BCUT2D eigenvalue weighted by molar-refractivity contribution is 5.76. The molecule has 1 saturated heterocycles. The van der Waals surface area contributed by atoms with Crippen molar-refractivity contribution < 1.29 is 9.90 Å². The molecule has 112 valence electrons. The van der Waals surface area contributed by atoms with Crippen LogP contribution in [0, 0.1) is 5.92 Å². The van der Waals surface area contributed by atoms with Crippen LogP contribution in [0.15, 0.2) is 24.3 Å². The highest BCUT2D eigenvalue weighted by Crippen LogP contribution is 2.18. The van der Waals surface area contributed by atoms with Crippen molar-refractivity contribution in [3.05, 3.63) is 30.1 Å². The van der Waals surface area contributed by atoms with Gasteiger partial charge in [0.15, 0.2) is 0 Å². The molecule has 1 atom stereocenters. The molecule has 1 amide bonds. The molecule has 1 aliphatic heterocycles. The van der Waals surface area contributed by atoms with Crippen molar-refractivity contribution in [2.45, 2.75) is 13.0 Å². The van der Waals surface area contributed by atoms with Crippen molar-refractivity contribution in [3.63, 3.8) is 0 Å². The summed E-state index contributed by atoms with van der Waals surface area (Å²) in [5.74, 6) is 1.13. The van der Waals surface area contributed by atoms with E-state index in [2.05, 4.69) is 20.2 Å². The summed E-state index contributed by atoms with van der Waals surface area (Å²) < 4.78 is 0. The molecule has 0 saturated carbocycles. The Morgan fingerprint density at radius 2 is 2.33 bits per heavy atom. The molecule has 1 aromatic carbocycles. The minimum absolute atomic E-state index is 0.300. The second kappa shape index (κ2) is 6.24. The molecule has 3 N–H and O–H groups in total. The van der Waals surface area contributed by atoms with E-state index in [0.29, 0.717) is 12.5 Å². The third-order valence-electron chi connectivity index (χ3n) is 3.91. The van der Waals surface area contributed by atoms with E-state index in [1.807, 2.05) is 24.3 Å². The summed E-state index contributed by atoms with van der Waals surface area (Å²) in [5.41, 5.74) is 2.07. The highest BCUT2D eigenvalue weighted by Gasteiger charge is 2.23. The van der Waals surface area contributed by atoms with Crippen molar-refractivity contribution in [1.29, 1.82) is 0 Å². The van der Waals surface area contributed by atoms with Gasteiger partial charge in [-0.05, 0) is 31.0 Å². The number of nitrogens with one attached hydrogen (secondary N) is 2. The average Bonchev–Trinajstić information content (AvgIpc) is 3.10. The van der Waals surface area contributed by atoms with Crippen LogP contribution in [-0.2, 0) is 11.3 Å². The molecule has 0 radical (unpaired) electrons. The summed E-state index contributed by atoms with van der Waals surface area (Å²) in [6, 6.07) is 8.03.